The first-order valence-corrected chi connectivity index (χ1v) is 29.1. The van der Waals surface area contributed by atoms with Crippen LogP contribution in [0.4, 0.5) is 4.79 Å². The van der Waals surface area contributed by atoms with Crippen LogP contribution in [-0.2, 0) is 47.5 Å². The summed E-state index contributed by atoms with van der Waals surface area (Å²) in [6.45, 7) is 16.6. The van der Waals surface area contributed by atoms with E-state index in [1.165, 1.54) is 25.7 Å². The van der Waals surface area contributed by atoms with Crippen molar-refractivity contribution in [1.29, 1.82) is 0 Å². The molecular formula is C60H107NO11. The lowest BCUT2D eigenvalue weighted by Gasteiger charge is -2.20. The molecule has 0 aliphatic heterocycles. The summed E-state index contributed by atoms with van der Waals surface area (Å²) >= 11 is 0. The van der Waals surface area contributed by atoms with Gasteiger partial charge in [0.1, 0.15) is 25.9 Å². The Kier molecular flexibility index (Phi) is 51.2. The molecule has 0 aliphatic carbocycles. The van der Waals surface area contributed by atoms with Gasteiger partial charge in [-0.05, 0) is 129 Å². The maximum absolute atomic E-state index is 13.2. The molecule has 0 aromatic heterocycles. The number of esters is 3. The number of rotatable bonds is 52. The highest BCUT2D eigenvalue weighted by molar-refractivity contribution is 5.70. The molecule has 0 fully saturated rings. The fraction of sp³-hybridized carbons (Fsp3) is 0.800. The van der Waals surface area contributed by atoms with Crippen LogP contribution in [0.1, 0.15) is 234 Å². The molecule has 0 radical (unpaired) electrons. The van der Waals surface area contributed by atoms with Crippen LogP contribution in [0.3, 0.4) is 0 Å². The lowest BCUT2D eigenvalue weighted by molar-refractivity contribution is -0.162. The van der Waals surface area contributed by atoms with Crippen molar-refractivity contribution in [2.75, 3.05) is 59.3 Å². The van der Waals surface area contributed by atoms with Gasteiger partial charge in [-0.1, -0.05) is 142 Å². The molecule has 12 heteroatoms. The first kappa shape index (κ1) is 68.5. The Labute approximate surface area is 440 Å². The Morgan fingerprint density at radius 1 is 0.431 bits per heavy atom. The van der Waals surface area contributed by atoms with Gasteiger partial charge < -0.3 is 38.1 Å². The lowest BCUT2D eigenvalue weighted by atomic mass is 10.1. The van der Waals surface area contributed by atoms with Gasteiger partial charge in [0.25, 0.3) is 0 Å². The fourth-order valence-corrected chi connectivity index (χ4v) is 7.74. The van der Waals surface area contributed by atoms with E-state index in [-0.39, 0.29) is 45.2 Å². The van der Waals surface area contributed by atoms with Crippen LogP contribution in [0.15, 0.2) is 48.6 Å². The minimum atomic E-state index is -0.720. The highest BCUT2D eigenvalue weighted by Gasteiger charge is 2.22. The number of nitrogens with zero attached hydrogens (tertiary/aromatic N) is 1. The molecule has 0 aromatic carbocycles. The number of hydrogen-bond donors (Lipinski definition) is 0. The van der Waals surface area contributed by atoms with E-state index in [1.807, 2.05) is 0 Å². The monoisotopic (exact) mass is 1020 g/mol. The maximum atomic E-state index is 13.2. The van der Waals surface area contributed by atoms with E-state index >= 15 is 0 Å². The van der Waals surface area contributed by atoms with Crippen LogP contribution in [0.5, 0.6) is 0 Å². The zero-order chi connectivity index (χ0) is 52.8. The van der Waals surface area contributed by atoms with Crippen molar-refractivity contribution >= 4 is 24.1 Å². The highest BCUT2D eigenvalue weighted by Crippen LogP contribution is 2.17. The number of carbonyl (C=O) groups is 4. The Balaban J connectivity index is 5.37. The van der Waals surface area contributed by atoms with Crippen LogP contribution in [0, 0.1) is 5.92 Å². The van der Waals surface area contributed by atoms with E-state index in [2.05, 4.69) is 95.1 Å². The molecule has 0 N–H and O–H groups in total. The van der Waals surface area contributed by atoms with Crippen molar-refractivity contribution in [1.82, 2.24) is 4.90 Å². The average molecular weight is 1020 g/mol. The van der Waals surface area contributed by atoms with Crippen molar-refractivity contribution in [3.63, 3.8) is 0 Å². The van der Waals surface area contributed by atoms with Gasteiger partial charge >= 0.3 is 24.1 Å². The van der Waals surface area contributed by atoms with Gasteiger partial charge in [-0.25, -0.2) is 4.79 Å². The van der Waals surface area contributed by atoms with Gasteiger partial charge in [0.15, 0.2) is 6.29 Å². The molecule has 2 atom stereocenters. The van der Waals surface area contributed by atoms with Crippen LogP contribution in [0.2, 0.25) is 0 Å². The number of ether oxygens (including phenoxy) is 7. The number of unbranched alkanes of at least 4 members (excludes halogenated alkanes) is 15. The van der Waals surface area contributed by atoms with Gasteiger partial charge in [0.05, 0.1) is 18.9 Å². The minimum absolute atomic E-state index is 0.0269. The molecule has 418 valence electrons. The molecule has 2 unspecified atom stereocenters. The zero-order valence-corrected chi connectivity index (χ0v) is 46.9. The topological polar surface area (TPSA) is 136 Å². The van der Waals surface area contributed by atoms with E-state index in [9.17, 15) is 19.2 Å². The van der Waals surface area contributed by atoms with Crippen molar-refractivity contribution in [3.8, 4) is 0 Å². The Bertz CT molecular complexity index is 1350. The molecular weight excluding hydrogens is 911 g/mol. The minimum Gasteiger partial charge on any atom is -0.465 e. The molecule has 0 rings (SSSR count). The molecule has 0 saturated heterocycles. The third-order valence-corrected chi connectivity index (χ3v) is 12.3. The largest absolute Gasteiger partial charge is 0.508 e. The van der Waals surface area contributed by atoms with Crippen molar-refractivity contribution < 1.29 is 52.3 Å². The van der Waals surface area contributed by atoms with Crippen LogP contribution in [-0.4, -0.2) is 101 Å². The number of hydrogen-bond acceptors (Lipinski definition) is 12. The lowest BCUT2D eigenvalue weighted by Crippen LogP contribution is -2.27. The van der Waals surface area contributed by atoms with Crippen LogP contribution < -0.4 is 0 Å². The summed E-state index contributed by atoms with van der Waals surface area (Å²) in [5, 5.41) is 0. The van der Waals surface area contributed by atoms with Gasteiger partial charge in [-0.15, -0.1) is 0 Å². The summed E-state index contributed by atoms with van der Waals surface area (Å²) in [6, 6.07) is 0. The number of allylic oxidation sites excluding steroid dienone is 8. The van der Waals surface area contributed by atoms with Crippen molar-refractivity contribution in [2.45, 2.75) is 247 Å². The summed E-state index contributed by atoms with van der Waals surface area (Å²) in [7, 11) is 0. The molecule has 0 heterocycles. The molecule has 0 amide bonds. The molecule has 72 heavy (non-hydrogen) atoms. The second-order valence-corrected chi connectivity index (χ2v) is 19.0. The molecule has 0 aliphatic rings. The normalized spacial score (nSPS) is 12.8. The van der Waals surface area contributed by atoms with Gasteiger partial charge in [0, 0.05) is 39.0 Å². The fourth-order valence-electron chi connectivity index (χ4n) is 7.74. The van der Waals surface area contributed by atoms with Crippen LogP contribution >= 0.6 is 0 Å². The van der Waals surface area contributed by atoms with Crippen LogP contribution in [0.25, 0.3) is 0 Å². The second-order valence-electron chi connectivity index (χ2n) is 19.0. The quantitative estimate of drug-likeness (QED) is 0.0189. The molecule has 0 spiro atoms. The van der Waals surface area contributed by atoms with Gasteiger partial charge in [0.2, 0.25) is 0 Å². The van der Waals surface area contributed by atoms with E-state index in [0.717, 1.165) is 142 Å². The van der Waals surface area contributed by atoms with E-state index < -0.39 is 36.4 Å². The van der Waals surface area contributed by atoms with E-state index in [0.29, 0.717) is 45.3 Å². The third kappa shape index (κ3) is 47.5. The maximum Gasteiger partial charge on any atom is 0.508 e. The molecule has 0 aromatic rings. The Morgan fingerprint density at radius 2 is 0.903 bits per heavy atom. The third-order valence-electron chi connectivity index (χ3n) is 12.3. The average Bonchev–Trinajstić information content (AvgIpc) is 3.38. The first-order valence-electron chi connectivity index (χ1n) is 29.1. The predicted molar refractivity (Wildman–Crippen MR) is 294 cm³/mol. The highest BCUT2D eigenvalue weighted by atomic mass is 16.7. The summed E-state index contributed by atoms with van der Waals surface area (Å²) in [4.78, 5) is 54.1. The molecule has 0 saturated carbocycles. The molecule has 0 bridgehead atoms. The van der Waals surface area contributed by atoms with Gasteiger partial charge in [-0.3, -0.25) is 14.4 Å². The summed E-state index contributed by atoms with van der Waals surface area (Å²) < 4.78 is 40.4. The molecule has 12 nitrogen and oxygen atoms in total. The predicted octanol–water partition coefficient (Wildman–Crippen LogP) is 15.5. The first-order chi connectivity index (χ1) is 35.2. The van der Waals surface area contributed by atoms with Crippen molar-refractivity contribution in [3.05, 3.63) is 48.6 Å². The SMILES string of the molecule is CC/C=C\CCCCOC(CCC(=O)OCC(COC(=O)CCCCCCCC=CC/C=C\CCCCC)COC(=O)CCC(CCCCCC)OC(=O)OCCCN(CC)CC)OCCCC/C=C\CC. The summed E-state index contributed by atoms with van der Waals surface area (Å²) in [5.41, 5.74) is 0. The summed E-state index contributed by atoms with van der Waals surface area (Å²) in [6.07, 6.45) is 42.4. The zero-order valence-electron chi connectivity index (χ0n) is 46.9. The Morgan fingerprint density at radius 3 is 1.46 bits per heavy atom. The second kappa shape index (κ2) is 53.8. The standard InChI is InChI=1S/C60H107NO11/c1-7-13-17-21-24-25-26-27-28-29-30-31-32-33-37-42-56(62)69-51-54(52-70-57(63)44-43-55(41-36-20-16-10-4)72-60(65)68-50-40-47-61(11-5)12-6)53-71-58(64)45-46-59(66-48-38-34-22-18-14-8-2)67-49-39-35-23-19-15-9-3/h14-15,18-19,24-25,27-28,54-55,59H,7-13,16-17,20-23,26,29-53H2,1-6H3/b18-14-,19-15-,25-24-,28-27?. The van der Waals surface area contributed by atoms with Gasteiger partial charge in [-0.2, -0.15) is 0 Å². The summed E-state index contributed by atoms with van der Waals surface area (Å²) in [5.74, 6) is -1.80. The Hall–Kier alpha value is -3.48. The van der Waals surface area contributed by atoms with E-state index in [1.54, 1.807) is 0 Å². The smallest absolute Gasteiger partial charge is 0.465 e. The number of carbonyl (C=O) groups excluding carboxylic acids is 4. The van der Waals surface area contributed by atoms with Crippen molar-refractivity contribution in [2.24, 2.45) is 5.92 Å². The van der Waals surface area contributed by atoms with E-state index in [4.69, 9.17) is 33.2 Å².